The number of aromatic nitrogens is 2. The molecule has 0 radical (unpaired) electrons. The van der Waals surface area contributed by atoms with Gasteiger partial charge in [0.05, 0.1) is 22.0 Å². The van der Waals surface area contributed by atoms with E-state index in [0.717, 1.165) is 16.4 Å². The van der Waals surface area contributed by atoms with Gasteiger partial charge in [0, 0.05) is 16.6 Å². The van der Waals surface area contributed by atoms with Gasteiger partial charge in [-0.15, -0.1) is 10.2 Å². The molecule has 0 saturated heterocycles. The summed E-state index contributed by atoms with van der Waals surface area (Å²) in [6.07, 6.45) is -3.62. The van der Waals surface area contributed by atoms with Gasteiger partial charge in [-0.25, -0.2) is 8.42 Å². The molecule has 0 aliphatic heterocycles. The molecule has 0 amide bonds. The molecule has 0 spiro atoms. The lowest BCUT2D eigenvalue weighted by Gasteiger charge is -2.21. The van der Waals surface area contributed by atoms with Crippen LogP contribution in [-0.4, -0.2) is 29.0 Å². The van der Waals surface area contributed by atoms with Gasteiger partial charge in [0.2, 0.25) is 21.8 Å². The number of sulfonamides is 1. The molecule has 0 atom stereocenters. The number of hydrogen-bond acceptors (Lipinski definition) is 5. The van der Waals surface area contributed by atoms with Crippen molar-refractivity contribution in [1.29, 1.82) is 0 Å². The Morgan fingerprint density at radius 2 is 1.74 bits per heavy atom. The van der Waals surface area contributed by atoms with Gasteiger partial charge >= 0.3 is 6.18 Å². The van der Waals surface area contributed by atoms with E-state index in [0.29, 0.717) is 29.5 Å². The van der Waals surface area contributed by atoms with Crippen molar-refractivity contribution in [2.45, 2.75) is 36.5 Å². The van der Waals surface area contributed by atoms with Crippen molar-refractivity contribution in [3.8, 4) is 11.5 Å². The summed E-state index contributed by atoms with van der Waals surface area (Å²) < 4.78 is 72.5. The molecule has 4 rings (SSSR count). The van der Waals surface area contributed by atoms with E-state index in [1.807, 2.05) is 0 Å². The van der Waals surface area contributed by atoms with Gasteiger partial charge in [0.15, 0.2) is 0 Å². The van der Waals surface area contributed by atoms with E-state index in [1.54, 1.807) is 24.3 Å². The lowest BCUT2D eigenvalue weighted by molar-refractivity contribution is -0.137. The summed E-state index contributed by atoms with van der Waals surface area (Å²) in [5, 5.41) is 7.75. The first-order valence-corrected chi connectivity index (χ1v) is 11.2. The lowest BCUT2D eigenvalue weighted by Crippen LogP contribution is -2.33. The largest absolute Gasteiger partial charge is 0.419 e. The van der Waals surface area contributed by atoms with Gasteiger partial charge in [-0.3, -0.25) is 0 Å². The quantitative estimate of drug-likeness (QED) is 0.460. The zero-order valence-corrected chi connectivity index (χ0v) is 17.9. The Hall–Kier alpha value is -2.14. The third-order valence-corrected chi connectivity index (χ3v) is 7.13. The Bertz CT molecular complexity index is 1210. The average molecular weight is 492 g/mol. The van der Waals surface area contributed by atoms with Crippen LogP contribution in [0, 0.1) is 0 Å². The number of rotatable bonds is 6. The van der Waals surface area contributed by atoms with Crippen LogP contribution in [-0.2, 0) is 22.7 Å². The van der Waals surface area contributed by atoms with Gasteiger partial charge in [0.25, 0.3) is 0 Å². The molecule has 2 aromatic carbocycles. The Morgan fingerprint density at radius 1 is 1.06 bits per heavy atom. The molecule has 1 heterocycles. The van der Waals surface area contributed by atoms with E-state index in [-0.39, 0.29) is 24.4 Å². The summed E-state index contributed by atoms with van der Waals surface area (Å²) >= 11 is 11.5. The Balaban J connectivity index is 1.63. The predicted molar refractivity (Wildman–Crippen MR) is 107 cm³/mol. The summed E-state index contributed by atoms with van der Waals surface area (Å²) in [4.78, 5) is -0.506. The molecule has 12 heteroatoms. The molecular weight excluding hydrogens is 478 g/mol. The van der Waals surface area contributed by atoms with E-state index in [9.17, 15) is 21.6 Å². The number of nitrogens with zero attached hydrogens (tertiary/aromatic N) is 3. The zero-order chi connectivity index (χ0) is 22.4. The van der Waals surface area contributed by atoms with E-state index in [4.69, 9.17) is 27.6 Å². The highest BCUT2D eigenvalue weighted by Crippen LogP contribution is 2.38. The molecule has 3 aromatic rings. The van der Waals surface area contributed by atoms with Crippen LogP contribution in [0.15, 0.2) is 51.8 Å². The maximum atomic E-state index is 13.2. The molecule has 1 aliphatic rings. The average Bonchev–Trinajstić information content (AvgIpc) is 3.43. The summed E-state index contributed by atoms with van der Waals surface area (Å²) in [6.45, 7) is -0.266. The van der Waals surface area contributed by atoms with Gasteiger partial charge < -0.3 is 4.42 Å². The van der Waals surface area contributed by atoms with E-state index in [1.165, 1.54) is 0 Å². The first kappa shape index (κ1) is 22.1. The number of benzene rings is 2. The van der Waals surface area contributed by atoms with Gasteiger partial charge in [-0.1, -0.05) is 23.2 Å². The minimum Gasteiger partial charge on any atom is -0.419 e. The van der Waals surface area contributed by atoms with Crippen LogP contribution in [0.5, 0.6) is 0 Å². The smallest absolute Gasteiger partial charge is 0.417 e. The molecule has 0 N–H and O–H groups in total. The fourth-order valence-corrected chi connectivity index (χ4v) is 4.96. The third kappa shape index (κ3) is 4.72. The fourth-order valence-electron chi connectivity index (χ4n) is 2.95. The molecule has 1 saturated carbocycles. The van der Waals surface area contributed by atoms with Crippen molar-refractivity contribution >= 4 is 33.2 Å². The number of halogens is 5. The first-order valence-electron chi connectivity index (χ1n) is 9.02. The minimum atomic E-state index is -4.78. The van der Waals surface area contributed by atoms with Crippen LogP contribution in [0.2, 0.25) is 10.0 Å². The van der Waals surface area contributed by atoms with Crippen molar-refractivity contribution in [2.75, 3.05) is 0 Å². The second-order valence-corrected chi connectivity index (χ2v) is 9.66. The predicted octanol–water partition coefficient (Wildman–Crippen LogP) is 5.42. The molecule has 1 aromatic heterocycles. The monoisotopic (exact) mass is 491 g/mol. The summed E-state index contributed by atoms with van der Waals surface area (Å²) in [5.41, 5.74) is -0.620. The molecule has 31 heavy (non-hydrogen) atoms. The lowest BCUT2D eigenvalue weighted by atomic mass is 10.2. The Labute approximate surface area is 185 Å². The Kier molecular flexibility index (Phi) is 5.76. The standard InChI is InChI=1S/C19H14Cl2F3N3O3S/c20-12-3-1-11(2-4-12)18-26-25-17(30-18)10-27(13-5-6-13)31(28,29)14-7-8-16(21)15(9-14)19(22,23)24/h1-4,7-9,13H,5-6,10H2. The molecule has 164 valence electrons. The highest BCUT2D eigenvalue weighted by molar-refractivity contribution is 7.89. The van der Waals surface area contributed by atoms with Crippen LogP contribution in [0.1, 0.15) is 24.3 Å². The van der Waals surface area contributed by atoms with Gasteiger partial charge in [-0.05, 0) is 55.3 Å². The van der Waals surface area contributed by atoms with E-state index < -0.39 is 31.7 Å². The highest BCUT2D eigenvalue weighted by atomic mass is 35.5. The molecule has 1 aliphatic carbocycles. The maximum Gasteiger partial charge on any atom is 0.417 e. The first-order chi connectivity index (χ1) is 14.6. The van der Waals surface area contributed by atoms with Gasteiger partial charge in [0.1, 0.15) is 0 Å². The van der Waals surface area contributed by atoms with Crippen molar-refractivity contribution in [3.63, 3.8) is 0 Å². The second kappa shape index (κ2) is 8.09. The zero-order valence-electron chi connectivity index (χ0n) is 15.6. The molecule has 0 unspecified atom stereocenters. The second-order valence-electron chi connectivity index (χ2n) is 6.93. The van der Waals surface area contributed by atoms with E-state index in [2.05, 4.69) is 10.2 Å². The molecule has 6 nitrogen and oxygen atoms in total. The van der Waals surface area contributed by atoms with Crippen molar-refractivity contribution in [1.82, 2.24) is 14.5 Å². The fraction of sp³-hybridized carbons (Fsp3) is 0.263. The normalized spacial score (nSPS) is 14.9. The van der Waals surface area contributed by atoms with Crippen LogP contribution in [0.3, 0.4) is 0 Å². The van der Waals surface area contributed by atoms with Crippen molar-refractivity contribution < 1.29 is 26.0 Å². The Morgan fingerprint density at radius 3 is 2.35 bits per heavy atom. The van der Waals surface area contributed by atoms with Gasteiger partial charge in [-0.2, -0.15) is 17.5 Å². The molecular formula is C19H14Cl2F3N3O3S. The summed E-state index contributed by atoms with van der Waals surface area (Å²) in [7, 11) is -4.27. The number of alkyl halides is 3. The third-order valence-electron chi connectivity index (χ3n) is 4.65. The van der Waals surface area contributed by atoms with Crippen LogP contribution >= 0.6 is 23.2 Å². The van der Waals surface area contributed by atoms with Crippen molar-refractivity contribution in [3.05, 3.63) is 64.0 Å². The highest BCUT2D eigenvalue weighted by Gasteiger charge is 2.41. The topological polar surface area (TPSA) is 76.3 Å². The summed E-state index contributed by atoms with van der Waals surface area (Å²) in [6, 6.07) is 8.77. The maximum absolute atomic E-state index is 13.2. The van der Waals surface area contributed by atoms with E-state index >= 15 is 0 Å². The summed E-state index contributed by atoms with van der Waals surface area (Å²) in [5.74, 6) is 0.191. The van der Waals surface area contributed by atoms with Crippen LogP contribution < -0.4 is 0 Å². The molecule has 1 fully saturated rings. The van der Waals surface area contributed by atoms with Crippen LogP contribution in [0.4, 0.5) is 13.2 Å². The van der Waals surface area contributed by atoms with Crippen molar-refractivity contribution in [2.24, 2.45) is 0 Å². The SMILES string of the molecule is O=S(=O)(c1ccc(Cl)c(C(F)(F)F)c1)N(Cc1nnc(-c2ccc(Cl)cc2)o1)C1CC1. The number of hydrogen-bond donors (Lipinski definition) is 0. The van der Waals surface area contributed by atoms with Crippen LogP contribution in [0.25, 0.3) is 11.5 Å². The molecule has 0 bridgehead atoms. The minimum absolute atomic E-state index is 0.0189.